The highest BCUT2D eigenvalue weighted by molar-refractivity contribution is 6.31. The number of nitrogens with one attached hydrogen (secondary N) is 2. The Balaban J connectivity index is 1.79. The second-order valence-electron chi connectivity index (χ2n) is 5.15. The third-order valence-electron chi connectivity index (χ3n) is 3.59. The predicted molar refractivity (Wildman–Crippen MR) is 91.8 cm³/mol. The zero-order valence-electron chi connectivity index (χ0n) is 12.3. The Bertz CT molecular complexity index is 1020. The first-order valence-electron chi connectivity index (χ1n) is 7.17. The van der Waals surface area contributed by atoms with E-state index >= 15 is 0 Å². The molecule has 0 unspecified atom stereocenters. The van der Waals surface area contributed by atoms with Crippen LogP contribution in [-0.2, 0) is 0 Å². The first-order chi connectivity index (χ1) is 11.7. The van der Waals surface area contributed by atoms with Gasteiger partial charge in [-0.25, -0.2) is 19.3 Å². The molecule has 0 saturated carbocycles. The van der Waals surface area contributed by atoms with E-state index in [1.807, 2.05) is 18.2 Å². The van der Waals surface area contributed by atoms with Crippen molar-refractivity contribution in [2.45, 2.75) is 0 Å². The molecule has 0 saturated heterocycles. The molecule has 5 nitrogen and oxygen atoms in total. The van der Waals surface area contributed by atoms with E-state index < -0.39 is 5.82 Å². The molecule has 0 bridgehead atoms. The van der Waals surface area contributed by atoms with Crippen molar-refractivity contribution in [3.8, 4) is 11.4 Å². The summed E-state index contributed by atoms with van der Waals surface area (Å²) in [6.07, 6.45) is 4.93. The van der Waals surface area contributed by atoms with Gasteiger partial charge in [-0.15, -0.1) is 0 Å². The predicted octanol–water partition coefficient (Wildman–Crippen LogP) is 4.56. The molecule has 7 heteroatoms. The minimum atomic E-state index is -0.463. The molecule has 118 valence electrons. The molecule has 4 rings (SSSR count). The maximum absolute atomic E-state index is 13.3. The lowest BCUT2D eigenvalue weighted by molar-refractivity contribution is 0.628. The molecule has 2 aromatic carbocycles. The zero-order valence-corrected chi connectivity index (χ0v) is 13.0. The van der Waals surface area contributed by atoms with E-state index in [1.54, 1.807) is 18.5 Å². The molecule has 24 heavy (non-hydrogen) atoms. The Morgan fingerprint density at radius 1 is 1.04 bits per heavy atom. The molecule has 0 aliphatic rings. The Labute approximate surface area is 141 Å². The minimum Gasteiger partial charge on any atom is -0.345 e. The molecule has 0 aliphatic heterocycles. The summed E-state index contributed by atoms with van der Waals surface area (Å²) >= 11 is 5.83. The molecular formula is C17H11ClFN5. The van der Waals surface area contributed by atoms with Gasteiger partial charge >= 0.3 is 0 Å². The van der Waals surface area contributed by atoms with Crippen LogP contribution in [0.2, 0.25) is 5.02 Å². The first-order valence-corrected chi connectivity index (χ1v) is 7.55. The lowest BCUT2D eigenvalue weighted by Gasteiger charge is -2.09. The van der Waals surface area contributed by atoms with Crippen LogP contribution in [0.15, 0.2) is 55.1 Å². The number of rotatable bonds is 3. The largest absolute Gasteiger partial charge is 0.345 e. The number of hydrogen-bond donors (Lipinski definition) is 2. The molecule has 0 spiro atoms. The third kappa shape index (κ3) is 2.68. The van der Waals surface area contributed by atoms with E-state index in [-0.39, 0.29) is 5.02 Å². The van der Waals surface area contributed by atoms with Gasteiger partial charge < -0.3 is 10.3 Å². The molecule has 0 amide bonds. The molecule has 2 heterocycles. The van der Waals surface area contributed by atoms with Crippen molar-refractivity contribution in [2.75, 3.05) is 5.32 Å². The average Bonchev–Trinajstić information content (AvgIpc) is 3.13. The number of imidazole rings is 1. The quantitative estimate of drug-likeness (QED) is 0.574. The van der Waals surface area contributed by atoms with E-state index in [1.165, 1.54) is 18.5 Å². The molecule has 0 fully saturated rings. The zero-order chi connectivity index (χ0) is 16.5. The van der Waals surface area contributed by atoms with Crippen LogP contribution in [0.3, 0.4) is 0 Å². The standard InChI is InChI=1S/C17H11ClFN5/c18-13-8-11(2-3-14(13)19)24-17-12-7-10(16-20-5-6-21-16)1-4-15(12)22-9-23-17/h1-9H,(H,20,21)(H,22,23,24). The molecule has 0 aliphatic carbocycles. The van der Waals surface area contributed by atoms with E-state index in [4.69, 9.17) is 11.6 Å². The number of fused-ring (bicyclic) bond motifs is 1. The van der Waals surface area contributed by atoms with Crippen LogP contribution in [0.25, 0.3) is 22.3 Å². The summed E-state index contributed by atoms with van der Waals surface area (Å²) in [5.74, 6) is 0.905. The molecule has 4 aromatic rings. The normalized spacial score (nSPS) is 10.9. The van der Waals surface area contributed by atoms with E-state index in [9.17, 15) is 4.39 Å². The first kappa shape index (κ1) is 14.6. The van der Waals surface area contributed by atoms with Gasteiger partial charge in [0.15, 0.2) is 0 Å². The van der Waals surface area contributed by atoms with Crippen LogP contribution >= 0.6 is 11.6 Å². The average molecular weight is 340 g/mol. The van der Waals surface area contributed by atoms with Crippen molar-refractivity contribution in [1.82, 2.24) is 19.9 Å². The minimum absolute atomic E-state index is 0.0506. The maximum Gasteiger partial charge on any atom is 0.141 e. The van der Waals surface area contributed by atoms with Gasteiger partial charge in [0.25, 0.3) is 0 Å². The van der Waals surface area contributed by atoms with Crippen LogP contribution in [-0.4, -0.2) is 19.9 Å². The summed E-state index contributed by atoms with van der Waals surface area (Å²) in [6.45, 7) is 0. The summed E-state index contributed by atoms with van der Waals surface area (Å²) < 4.78 is 13.3. The fourth-order valence-corrected chi connectivity index (χ4v) is 2.62. The number of aromatic amines is 1. The summed E-state index contributed by atoms with van der Waals surface area (Å²) in [5, 5.41) is 4.03. The van der Waals surface area contributed by atoms with Crippen molar-refractivity contribution >= 4 is 34.0 Å². The van der Waals surface area contributed by atoms with Gasteiger partial charge in [0.05, 0.1) is 10.5 Å². The molecule has 2 aromatic heterocycles. The van der Waals surface area contributed by atoms with Gasteiger partial charge in [-0.05, 0) is 36.4 Å². The number of hydrogen-bond acceptors (Lipinski definition) is 4. The van der Waals surface area contributed by atoms with Crippen LogP contribution < -0.4 is 5.32 Å². The number of aromatic nitrogens is 4. The van der Waals surface area contributed by atoms with E-state index in [0.29, 0.717) is 11.5 Å². The third-order valence-corrected chi connectivity index (χ3v) is 3.88. The number of anilines is 2. The highest BCUT2D eigenvalue weighted by Crippen LogP contribution is 2.28. The number of nitrogens with zero attached hydrogens (tertiary/aromatic N) is 3. The summed E-state index contributed by atoms with van der Waals surface area (Å²) in [4.78, 5) is 15.9. The Hall–Kier alpha value is -2.99. The van der Waals surface area contributed by atoms with Crippen LogP contribution in [0, 0.1) is 5.82 Å². The Morgan fingerprint density at radius 2 is 1.96 bits per heavy atom. The number of H-pyrrole nitrogens is 1. The van der Waals surface area contributed by atoms with Crippen molar-refractivity contribution in [1.29, 1.82) is 0 Å². The summed E-state index contributed by atoms with van der Waals surface area (Å²) in [7, 11) is 0. The van der Waals surface area contributed by atoms with Crippen molar-refractivity contribution in [3.63, 3.8) is 0 Å². The lowest BCUT2D eigenvalue weighted by Crippen LogP contribution is -1.97. The van der Waals surface area contributed by atoms with Gasteiger partial charge in [0, 0.05) is 29.0 Å². The van der Waals surface area contributed by atoms with Crippen LogP contribution in [0.1, 0.15) is 0 Å². The fraction of sp³-hybridized carbons (Fsp3) is 0. The SMILES string of the molecule is Fc1ccc(Nc2ncnc3ccc(-c4ncc[nH]4)cc23)cc1Cl. The highest BCUT2D eigenvalue weighted by atomic mass is 35.5. The Kier molecular flexibility index (Phi) is 3.59. The summed E-state index contributed by atoms with van der Waals surface area (Å²) in [6, 6.07) is 10.2. The van der Waals surface area contributed by atoms with E-state index in [0.717, 1.165) is 22.3 Å². The van der Waals surface area contributed by atoms with Gasteiger partial charge in [0.1, 0.15) is 23.8 Å². The topological polar surface area (TPSA) is 66.5 Å². The van der Waals surface area contributed by atoms with Crippen molar-refractivity contribution in [2.24, 2.45) is 0 Å². The van der Waals surface area contributed by atoms with E-state index in [2.05, 4.69) is 25.3 Å². The van der Waals surface area contributed by atoms with Crippen LogP contribution in [0.5, 0.6) is 0 Å². The maximum atomic E-state index is 13.3. The number of halogens is 2. The van der Waals surface area contributed by atoms with Crippen molar-refractivity contribution in [3.05, 3.63) is 66.0 Å². The van der Waals surface area contributed by atoms with Gasteiger partial charge in [-0.2, -0.15) is 0 Å². The van der Waals surface area contributed by atoms with Gasteiger partial charge in [0.2, 0.25) is 0 Å². The fourth-order valence-electron chi connectivity index (χ4n) is 2.44. The van der Waals surface area contributed by atoms with Gasteiger partial charge in [-0.1, -0.05) is 11.6 Å². The molecule has 0 radical (unpaired) electrons. The monoisotopic (exact) mass is 339 g/mol. The molecule has 2 N–H and O–H groups in total. The highest BCUT2D eigenvalue weighted by Gasteiger charge is 2.09. The smallest absolute Gasteiger partial charge is 0.141 e. The summed E-state index contributed by atoms with van der Waals surface area (Å²) in [5.41, 5.74) is 2.35. The molecular weight excluding hydrogens is 329 g/mol. The Morgan fingerprint density at radius 3 is 2.75 bits per heavy atom. The lowest BCUT2D eigenvalue weighted by atomic mass is 10.1. The molecule has 0 atom stereocenters. The second-order valence-corrected chi connectivity index (χ2v) is 5.55. The second kappa shape index (κ2) is 5.90. The van der Waals surface area contributed by atoms with Crippen molar-refractivity contribution < 1.29 is 4.39 Å². The van der Waals surface area contributed by atoms with Crippen LogP contribution in [0.4, 0.5) is 15.9 Å². The van der Waals surface area contributed by atoms with Gasteiger partial charge in [-0.3, -0.25) is 0 Å². The number of benzene rings is 2.